The van der Waals surface area contributed by atoms with Crippen molar-refractivity contribution >= 4 is 34.8 Å². The van der Waals surface area contributed by atoms with Gasteiger partial charge in [0.2, 0.25) is 0 Å². The molecular formula is C20H10Cl2O3. The van der Waals surface area contributed by atoms with Crippen molar-refractivity contribution in [3.8, 4) is 11.5 Å². The molecule has 3 aromatic rings. The molecule has 0 aliphatic heterocycles. The topological polar surface area (TPSA) is 43.4 Å². The van der Waals surface area contributed by atoms with Crippen LogP contribution in [0.2, 0.25) is 10.0 Å². The van der Waals surface area contributed by atoms with Crippen LogP contribution in [0.15, 0.2) is 60.7 Å². The fourth-order valence-electron chi connectivity index (χ4n) is 2.83. The van der Waals surface area contributed by atoms with E-state index < -0.39 is 0 Å². The predicted molar refractivity (Wildman–Crippen MR) is 96.3 cm³/mol. The van der Waals surface area contributed by atoms with Gasteiger partial charge in [-0.25, -0.2) is 0 Å². The summed E-state index contributed by atoms with van der Waals surface area (Å²) in [6, 6.07) is 16.6. The third-order valence-electron chi connectivity index (χ3n) is 4.04. The first kappa shape index (κ1) is 15.9. The molecule has 0 atom stereocenters. The maximum Gasteiger partial charge on any atom is 0.194 e. The van der Waals surface area contributed by atoms with E-state index in [1.54, 1.807) is 60.7 Å². The van der Waals surface area contributed by atoms with E-state index in [0.29, 0.717) is 38.8 Å². The Balaban J connectivity index is 1.77. The number of rotatable bonds is 2. The van der Waals surface area contributed by atoms with Crippen LogP contribution in [0.4, 0.5) is 0 Å². The highest BCUT2D eigenvalue weighted by Gasteiger charge is 2.29. The lowest BCUT2D eigenvalue weighted by atomic mass is 9.84. The Morgan fingerprint density at radius 3 is 2.04 bits per heavy atom. The summed E-state index contributed by atoms with van der Waals surface area (Å²) < 4.78 is 5.75. The zero-order valence-corrected chi connectivity index (χ0v) is 14.3. The van der Waals surface area contributed by atoms with Crippen LogP contribution in [0.5, 0.6) is 11.5 Å². The Bertz CT molecular complexity index is 1040. The summed E-state index contributed by atoms with van der Waals surface area (Å²) in [7, 11) is 0. The highest BCUT2D eigenvalue weighted by atomic mass is 35.5. The van der Waals surface area contributed by atoms with Crippen molar-refractivity contribution in [1.82, 2.24) is 0 Å². The van der Waals surface area contributed by atoms with E-state index in [-0.39, 0.29) is 16.6 Å². The average molecular weight is 369 g/mol. The lowest BCUT2D eigenvalue weighted by molar-refractivity contribution is 0.0979. The number of ether oxygens (including phenoxy) is 1. The molecule has 1 aliphatic rings. The van der Waals surface area contributed by atoms with Gasteiger partial charge < -0.3 is 4.74 Å². The standard InChI is InChI=1S/C20H10Cl2O3/c21-16-6-3-7-17(18(16)22)25-11-8-9-14-15(10-11)20(24)13-5-2-1-4-12(13)19(14)23/h1-10H. The second kappa shape index (κ2) is 6.03. The zero-order chi connectivity index (χ0) is 17.6. The molecule has 0 aromatic heterocycles. The van der Waals surface area contributed by atoms with Crippen molar-refractivity contribution in [3.05, 3.63) is 93.0 Å². The van der Waals surface area contributed by atoms with Crippen LogP contribution in [-0.4, -0.2) is 11.6 Å². The molecule has 0 amide bonds. The first-order chi connectivity index (χ1) is 12.1. The van der Waals surface area contributed by atoms with Crippen LogP contribution in [0, 0.1) is 0 Å². The molecular weight excluding hydrogens is 359 g/mol. The lowest BCUT2D eigenvalue weighted by Gasteiger charge is -2.18. The molecule has 0 saturated heterocycles. The maximum atomic E-state index is 12.7. The van der Waals surface area contributed by atoms with Crippen molar-refractivity contribution in [2.45, 2.75) is 0 Å². The van der Waals surface area contributed by atoms with Gasteiger partial charge in [-0.2, -0.15) is 0 Å². The number of carbonyl (C=O) groups excluding carboxylic acids is 2. The summed E-state index contributed by atoms with van der Waals surface area (Å²) >= 11 is 12.1. The molecule has 3 nitrogen and oxygen atoms in total. The molecule has 0 spiro atoms. The van der Waals surface area contributed by atoms with Crippen molar-refractivity contribution < 1.29 is 14.3 Å². The summed E-state index contributed by atoms with van der Waals surface area (Å²) in [6.45, 7) is 0. The van der Waals surface area contributed by atoms with Gasteiger partial charge in [-0.15, -0.1) is 0 Å². The Hall–Kier alpha value is -2.62. The summed E-state index contributed by atoms with van der Waals surface area (Å²) in [4.78, 5) is 25.3. The number of hydrogen-bond acceptors (Lipinski definition) is 3. The first-order valence-electron chi connectivity index (χ1n) is 7.50. The minimum Gasteiger partial charge on any atom is -0.456 e. The van der Waals surface area contributed by atoms with Crippen molar-refractivity contribution in [2.24, 2.45) is 0 Å². The molecule has 0 radical (unpaired) electrons. The van der Waals surface area contributed by atoms with Gasteiger partial charge in [0.25, 0.3) is 0 Å². The van der Waals surface area contributed by atoms with Crippen molar-refractivity contribution in [3.63, 3.8) is 0 Å². The Morgan fingerprint density at radius 2 is 1.32 bits per heavy atom. The highest BCUT2D eigenvalue weighted by molar-refractivity contribution is 6.42. The van der Waals surface area contributed by atoms with Gasteiger partial charge in [0.1, 0.15) is 16.5 Å². The van der Waals surface area contributed by atoms with E-state index in [0.717, 1.165) is 0 Å². The second-order valence-electron chi connectivity index (χ2n) is 5.57. The fourth-order valence-corrected chi connectivity index (χ4v) is 3.16. The van der Waals surface area contributed by atoms with Gasteiger partial charge >= 0.3 is 0 Å². The summed E-state index contributed by atoms with van der Waals surface area (Å²) in [5.41, 5.74) is 1.51. The van der Waals surface area contributed by atoms with Crippen LogP contribution in [-0.2, 0) is 0 Å². The van der Waals surface area contributed by atoms with Gasteiger partial charge in [-0.1, -0.05) is 53.5 Å². The maximum absolute atomic E-state index is 12.7. The van der Waals surface area contributed by atoms with Gasteiger partial charge in [-0.05, 0) is 30.3 Å². The average Bonchev–Trinajstić information content (AvgIpc) is 2.63. The SMILES string of the molecule is O=C1c2ccccc2C(=O)c2cc(Oc3cccc(Cl)c3Cl)ccc21. The molecule has 5 heteroatoms. The summed E-state index contributed by atoms with van der Waals surface area (Å²) in [5.74, 6) is 0.415. The molecule has 0 fully saturated rings. The molecule has 0 N–H and O–H groups in total. The smallest absolute Gasteiger partial charge is 0.194 e. The first-order valence-corrected chi connectivity index (χ1v) is 8.26. The molecule has 1 aliphatic carbocycles. The molecule has 3 aromatic carbocycles. The lowest BCUT2D eigenvalue weighted by Crippen LogP contribution is -2.20. The predicted octanol–water partition coefficient (Wildman–Crippen LogP) is 5.56. The van der Waals surface area contributed by atoms with Crippen LogP contribution in [0.3, 0.4) is 0 Å². The Kier molecular flexibility index (Phi) is 3.83. The van der Waals surface area contributed by atoms with E-state index in [9.17, 15) is 9.59 Å². The van der Waals surface area contributed by atoms with Crippen molar-refractivity contribution in [1.29, 1.82) is 0 Å². The van der Waals surface area contributed by atoms with E-state index in [1.807, 2.05) is 0 Å². The highest BCUT2D eigenvalue weighted by Crippen LogP contribution is 2.36. The molecule has 0 saturated carbocycles. The molecule has 4 rings (SSSR count). The Labute approximate surface area is 153 Å². The van der Waals surface area contributed by atoms with Gasteiger partial charge in [0.05, 0.1) is 5.02 Å². The molecule has 25 heavy (non-hydrogen) atoms. The van der Waals surface area contributed by atoms with Gasteiger partial charge in [0, 0.05) is 22.3 Å². The molecule has 122 valence electrons. The number of halogens is 2. The van der Waals surface area contributed by atoms with Crippen LogP contribution < -0.4 is 4.74 Å². The monoisotopic (exact) mass is 368 g/mol. The number of hydrogen-bond donors (Lipinski definition) is 0. The van der Waals surface area contributed by atoms with E-state index >= 15 is 0 Å². The van der Waals surface area contributed by atoms with Crippen LogP contribution >= 0.6 is 23.2 Å². The number of benzene rings is 3. The second-order valence-corrected chi connectivity index (χ2v) is 6.35. The van der Waals surface area contributed by atoms with Gasteiger partial charge in [0.15, 0.2) is 11.6 Å². The fraction of sp³-hybridized carbons (Fsp3) is 0. The Morgan fingerprint density at radius 1 is 0.680 bits per heavy atom. The summed E-state index contributed by atoms with van der Waals surface area (Å²) in [6.07, 6.45) is 0. The largest absolute Gasteiger partial charge is 0.456 e. The third-order valence-corrected chi connectivity index (χ3v) is 4.84. The van der Waals surface area contributed by atoms with Gasteiger partial charge in [-0.3, -0.25) is 9.59 Å². The van der Waals surface area contributed by atoms with E-state index in [1.165, 1.54) is 0 Å². The van der Waals surface area contributed by atoms with E-state index in [2.05, 4.69) is 0 Å². The molecule has 0 bridgehead atoms. The van der Waals surface area contributed by atoms with Crippen LogP contribution in [0.1, 0.15) is 31.8 Å². The minimum atomic E-state index is -0.201. The summed E-state index contributed by atoms with van der Waals surface area (Å²) in [5, 5.41) is 0.659. The molecule has 0 unspecified atom stereocenters. The quantitative estimate of drug-likeness (QED) is 0.465. The normalized spacial score (nSPS) is 12.6. The minimum absolute atomic E-state index is 0.169. The number of carbonyl (C=O) groups is 2. The van der Waals surface area contributed by atoms with Crippen molar-refractivity contribution in [2.75, 3.05) is 0 Å². The zero-order valence-electron chi connectivity index (χ0n) is 12.8. The third kappa shape index (κ3) is 2.62. The number of fused-ring (bicyclic) bond motifs is 2. The molecule has 0 heterocycles. The number of ketones is 2. The van der Waals surface area contributed by atoms with E-state index in [4.69, 9.17) is 27.9 Å². The van der Waals surface area contributed by atoms with Crippen LogP contribution in [0.25, 0.3) is 0 Å².